The molecule has 1 saturated heterocycles. The fourth-order valence-corrected chi connectivity index (χ4v) is 5.91. The number of carbonyl (C=O) groups excluding carboxylic acids is 2. The maximum atomic E-state index is 14.1. The van der Waals surface area contributed by atoms with E-state index >= 15 is 0 Å². The van der Waals surface area contributed by atoms with E-state index in [0.717, 1.165) is 23.2 Å². The van der Waals surface area contributed by atoms with Crippen LogP contribution in [0.4, 0.5) is 11.4 Å². The lowest BCUT2D eigenvalue weighted by Gasteiger charge is -2.47. The number of anilines is 1. The molecule has 0 bridgehead atoms. The quantitative estimate of drug-likeness (QED) is 0.419. The summed E-state index contributed by atoms with van der Waals surface area (Å²) >= 11 is 0. The van der Waals surface area contributed by atoms with Gasteiger partial charge in [0.05, 0.1) is 16.9 Å². The Morgan fingerprint density at radius 3 is 2.22 bits per heavy atom. The van der Waals surface area contributed by atoms with Gasteiger partial charge in [0.25, 0.3) is 11.6 Å². The zero-order chi connectivity index (χ0) is 24.8. The number of benzene rings is 3. The number of nitro groups is 1. The van der Waals surface area contributed by atoms with Crippen molar-refractivity contribution in [2.24, 2.45) is 0 Å². The summed E-state index contributed by atoms with van der Waals surface area (Å²) in [4.78, 5) is 44.1. The normalized spacial score (nSPS) is 20.9. The van der Waals surface area contributed by atoms with Crippen LogP contribution in [-0.2, 0) is 11.2 Å². The highest BCUT2D eigenvalue weighted by Gasteiger charge is 2.47. The first-order chi connectivity index (χ1) is 17.5. The number of rotatable bonds is 3. The zero-order valence-corrected chi connectivity index (χ0v) is 19.7. The summed E-state index contributed by atoms with van der Waals surface area (Å²) in [7, 11) is 0. The SMILES string of the molecule is O=C([C@H]1c2ccccc2C(=O)N2CCc3ccccc3[C@@H]12)N1CCN(c2ccc([N+](=O)[O-])cc2)CC1. The highest BCUT2D eigenvalue weighted by Crippen LogP contribution is 2.46. The predicted octanol–water partition coefficient (Wildman–Crippen LogP) is 3.78. The summed E-state index contributed by atoms with van der Waals surface area (Å²) in [5.74, 6) is -0.409. The maximum Gasteiger partial charge on any atom is 0.269 e. The summed E-state index contributed by atoms with van der Waals surface area (Å²) in [5.41, 5.74) is 4.67. The molecule has 3 aliphatic rings. The average molecular weight is 483 g/mol. The van der Waals surface area contributed by atoms with Gasteiger partial charge in [-0.25, -0.2) is 0 Å². The van der Waals surface area contributed by atoms with E-state index in [9.17, 15) is 19.7 Å². The Morgan fingerprint density at radius 2 is 1.50 bits per heavy atom. The molecule has 0 spiro atoms. The Bertz CT molecular complexity index is 1350. The predicted molar refractivity (Wildman–Crippen MR) is 135 cm³/mol. The van der Waals surface area contributed by atoms with Crippen LogP contribution < -0.4 is 4.90 Å². The van der Waals surface area contributed by atoms with E-state index in [0.29, 0.717) is 38.3 Å². The van der Waals surface area contributed by atoms with Crippen molar-refractivity contribution in [1.82, 2.24) is 9.80 Å². The molecule has 0 unspecified atom stereocenters. The average Bonchev–Trinajstić information content (AvgIpc) is 2.93. The van der Waals surface area contributed by atoms with Crippen LogP contribution in [0.3, 0.4) is 0 Å². The Morgan fingerprint density at radius 1 is 0.833 bits per heavy atom. The highest BCUT2D eigenvalue weighted by atomic mass is 16.6. The van der Waals surface area contributed by atoms with Crippen LogP contribution in [-0.4, -0.2) is 59.3 Å². The van der Waals surface area contributed by atoms with Crippen molar-refractivity contribution in [3.63, 3.8) is 0 Å². The molecular formula is C28H26N4O4. The lowest BCUT2D eigenvalue weighted by Crippen LogP contribution is -2.54. The van der Waals surface area contributed by atoms with Crippen molar-refractivity contribution in [3.05, 3.63) is 105 Å². The molecule has 36 heavy (non-hydrogen) atoms. The third-order valence-corrected chi connectivity index (χ3v) is 7.72. The minimum absolute atomic E-state index is 0.00264. The van der Waals surface area contributed by atoms with E-state index in [2.05, 4.69) is 17.0 Å². The second kappa shape index (κ2) is 8.78. The van der Waals surface area contributed by atoms with Crippen molar-refractivity contribution >= 4 is 23.2 Å². The molecule has 3 aromatic rings. The van der Waals surface area contributed by atoms with Gasteiger partial charge in [-0.1, -0.05) is 42.5 Å². The van der Waals surface area contributed by atoms with Gasteiger partial charge >= 0.3 is 0 Å². The van der Waals surface area contributed by atoms with Gasteiger partial charge in [0, 0.05) is 56.1 Å². The van der Waals surface area contributed by atoms with Gasteiger partial charge in [-0.2, -0.15) is 0 Å². The number of nitrogens with zero attached hydrogens (tertiary/aromatic N) is 4. The summed E-state index contributed by atoms with van der Waals surface area (Å²) in [6.07, 6.45) is 0.787. The van der Waals surface area contributed by atoms with Gasteiger partial charge in [-0.05, 0) is 41.3 Å². The van der Waals surface area contributed by atoms with Crippen molar-refractivity contribution in [1.29, 1.82) is 0 Å². The largest absolute Gasteiger partial charge is 0.368 e. The van der Waals surface area contributed by atoms with Gasteiger partial charge in [0.2, 0.25) is 5.91 Å². The summed E-state index contributed by atoms with van der Waals surface area (Å²) in [6.45, 7) is 2.99. The number of non-ortho nitro benzene ring substituents is 1. The molecule has 0 aliphatic carbocycles. The topological polar surface area (TPSA) is 87.0 Å². The van der Waals surface area contributed by atoms with Gasteiger partial charge in [0.15, 0.2) is 0 Å². The molecule has 0 N–H and O–H groups in total. The third kappa shape index (κ3) is 3.61. The Labute approximate surface area is 208 Å². The first-order valence-corrected chi connectivity index (χ1v) is 12.3. The number of fused-ring (bicyclic) bond motifs is 4. The molecule has 182 valence electrons. The monoisotopic (exact) mass is 482 g/mol. The van der Waals surface area contributed by atoms with Crippen molar-refractivity contribution < 1.29 is 14.5 Å². The Balaban J connectivity index is 1.29. The summed E-state index contributed by atoms with van der Waals surface area (Å²) < 4.78 is 0. The number of hydrogen-bond acceptors (Lipinski definition) is 5. The molecule has 6 rings (SSSR count). The van der Waals surface area contributed by atoms with E-state index in [4.69, 9.17) is 0 Å². The van der Waals surface area contributed by atoms with Gasteiger partial charge in [-0.15, -0.1) is 0 Å². The van der Waals surface area contributed by atoms with Crippen LogP contribution in [0.15, 0.2) is 72.8 Å². The molecule has 2 atom stereocenters. The first-order valence-electron chi connectivity index (χ1n) is 12.3. The summed E-state index contributed by atoms with van der Waals surface area (Å²) in [5, 5.41) is 11.0. The van der Waals surface area contributed by atoms with Crippen LogP contribution in [0.1, 0.15) is 39.0 Å². The van der Waals surface area contributed by atoms with E-state index in [-0.39, 0.29) is 23.5 Å². The molecule has 0 saturated carbocycles. The van der Waals surface area contributed by atoms with E-state index in [1.54, 1.807) is 12.1 Å². The Kier molecular flexibility index (Phi) is 5.44. The second-order valence-electron chi connectivity index (χ2n) is 9.54. The third-order valence-electron chi connectivity index (χ3n) is 7.72. The number of amides is 2. The Hall–Kier alpha value is -4.20. The lowest BCUT2D eigenvalue weighted by molar-refractivity contribution is -0.384. The first kappa shape index (κ1) is 22.3. The van der Waals surface area contributed by atoms with Crippen LogP contribution in [0.25, 0.3) is 0 Å². The van der Waals surface area contributed by atoms with Crippen LogP contribution in [0.2, 0.25) is 0 Å². The number of hydrogen-bond donors (Lipinski definition) is 0. The van der Waals surface area contributed by atoms with E-state index in [1.165, 1.54) is 17.7 Å². The van der Waals surface area contributed by atoms with Gasteiger partial charge in [0.1, 0.15) is 0 Å². The highest BCUT2D eigenvalue weighted by molar-refractivity contribution is 6.01. The maximum absolute atomic E-state index is 14.1. The molecular weight excluding hydrogens is 456 g/mol. The van der Waals surface area contributed by atoms with E-state index in [1.807, 2.05) is 46.2 Å². The van der Waals surface area contributed by atoms with Crippen molar-refractivity contribution in [3.8, 4) is 0 Å². The number of piperazine rings is 1. The molecule has 2 amide bonds. The smallest absolute Gasteiger partial charge is 0.269 e. The molecule has 0 radical (unpaired) electrons. The zero-order valence-electron chi connectivity index (χ0n) is 19.7. The van der Waals surface area contributed by atoms with Crippen molar-refractivity contribution in [2.75, 3.05) is 37.6 Å². The molecule has 3 aromatic carbocycles. The minimum Gasteiger partial charge on any atom is -0.368 e. The second-order valence-corrected chi connectivity index (χ2v) is 9.54. The van der Waals surface area contributed by atoms with Crippen LogP contribution in [0, 0.1) is 10.1 Å². The molecule has 3 aliphatic heterocycles. The van der Waals surface area contributed by atoms with Crippen molar-refractivity contribution in [2.45, 2.75) is 18.4 Å². The minimum atomic E-state index is -0.453. The van der Waals surface area contributed by atoms with Gasteiger partial charge < -0.3 is 14.7 Å². The number of carbonyl (C=O) groups is 2. The fraction of sp³-hybridized carbons (Fsp3) is 0.286. The fourth-order valence-electron chi connectivity index (χ4n) is 5.91. The van der Waals surface area contributed by atoms with Crippen LogP contribution >= 0.6 is 0 Å². The molecule has 8 heteroatoms. The van der Waals surface area contributed by atoms with Crippen LogP contribution in [0.5, 0.6) is 0 Å². The summed E-state index contributed by atoms with van der Waals surface area (Å²) in [6, 6.07) is 21.9. The number of nitro benzene ring substituents is 1. The van der Waals surface area contributed by atoms with E-state index < -0.39 is 10.8 Å². The lowest BCUT2D eigenvalue weighted by atomic mass is 9.75. The molecule has 1 fully saturated rings. The standard InChI is InChI=1S/C28H26N4O4/c33-27-24-8-4-3-7-23(24)25(26-22-6-2-1-5-19(22)13-14-31(26)27)28(34)30-17-15-29(16-18-30)20-9-11-21(12-10-20)32(35)36/h1-12,25-26H,13-18H2/t25-,26-/m0/s1. The molecule has 8 nitrogen and oxygen atoms in total. The molecule has 3 heterocycles. The van der Waals surface area contributed by atoms with Gasteiger partial charge in [-0.3, -0.25) is 19.7 Å². The molecule has 0 aromatic heterocycles.